The number of rotatable bonds is 10. The SMILES string of the molecule is CCCn1c(=NC(=O)c2cc(OCC)c(OCC)c(OCC)c2)sc2cccc(OC)c21. The number of amides is 1. The predicted octanol–water partition coefficient (Wildman–Crippen LogP) is 5.06. The number of hydrogen-bond donors (Lipinski definition) is 0. The summed E-state index contributed by atoms with van der Waals surface area (Å²) in [7, 11) is 1.65. The third-order valence-corrected chi connectivity index (χ3v) is 5.73. The number of nitrogens with zero attached hydrogens (tertiary/aromatic N) is 2. The van der Waals surface area contributed by atoms with Crippen LogP contribution >= 0.6 is 11.3 Å². The number of para-hydroxylation sites is 1. The zero-order chi connectivity index (χ0) is 23.1. The summed E-state index contributed by atoms with van der Waals surface area (Å²) in [6.45, 7) is 9.80. The first kappa shape index (κ1) is 23.7. The van der Waals surface area contributed by atoms with Crippen LogP contribution in [-0.4, -0.2) is 37.4 Å². The maximum absolute atomic E-state index is 13.2. The van der Waals surface area contributed by atoms with Crippen molar-refractivity contribution in [1.82, 2.24) is 4.57 Å². The lowest BCUT2D eigenvalue weighted by molar-refractivity contribution is 0.0996. The maximum atomic E-state index is 13.2. The highest BCUT2D eigenvalue weighted by Crippen LogP contribution is 2.39. The van der Waals surface area contributed by atoms with Gasteiger partial charge >= 0.3 is 0 Å². The Labute approximate surface area is 192 Å². The molecule has 0 atom stereocenters. The average Bonchev–Trinajstić information content (AvgIpc) is 3.13. The van der Waals surface area contributed by atoms with Crippen molar-refractivity contribution in [3.63, 3.8) is 0 Å². The van der Waals surface area contributed by atoms with Gasteiger partial charge in [0, 0.05) is 12.1 Å². The Hall–Kier alpha value is -3.00. The highest BCUT2D eigenvalue weighted by Gasteiger charge is 2.19. The second-order valence-electron chi connectivity index (χ2n) is 6.86. The third kappa shape index (κ3) is 4.91. The van der Waals surface area contributed by atoms with E-state index in [0.717, 1.165) is 28.9 Å². The minimum absolute atomic E-state index is 0.370. The van der Waals surface area contributed by atoms with Crippen LogP contribution in [0.2, 0.25) is 0 Å². The third-order valence-electron chi connectivity index (χ3n) is 4.68. The van der Waals surface area contributed by atoms with E-state index in [-0.39, 0.29) is 5.91 Å². The van der Waals surface area contributed by atoms with Gasteiger partial charge < -0.3 is 23.5 Å². The highest BCUT2D eigenvalue weighted by molar-refractivity contribution is 7.16. The van der Waals surface area contributed by atoms with E-state index >= 15 is 0 Å². The summed E-state index contributed by atoms with van der Waals surface area (Å²) in [6, 6.07) is 9.20. The molecule has 1 aromatic heterocycles. The Balaban J connectivity index is 2.15. The van der Waals surface area contributed by atoms with Crippen LogP contribution in [0.3, 0.4) is 0 Å². The van der Waals surface area contributed by atoms with Crippen molar-refractivity contribution >= 4 is 27.5 Å². The molecule has 8 heteroatoms. The van der Waals surface area contributed by atoms with E-state index in [4.69, 9.17) is 18.9 Å². The van der Waals surface area contributed by atoms with Crippen LogP contribution in [0, 0.1) is 0 Å². The van der Waals surface area contributed by atoms with E-state index in [2.05, 4.69) is 11.9 Å². The molecule has 7 nitrogen and oxygen atoms in total. The van der Waals surface area contributed by atoms with Crippen molar-refractivity contribution in [1.29, 1.82) is 0 Å². The number of aryl methyl sites for hydroxylation is 1. The second-order valence-corrected chi connectivity index (χ2v) is 7.87. The minimum atomic E-state index is -0.370. The number of thiazole rings is 1. The van der Waals surface area contributed by atoms with Gasteiger partial charge in [-0.15, -0.1) is 0 Å². The molecule has 0 aliphatic rings. The maximum Gasteiger partial charge on any atom is 0.279 e. The molecule has 3 rings (SSSR count). The van der Waals surface area contributed by atoms with Gasteiger partial charge in [0.05, 0.1) is 31.6 Å². The first-order chi connectivity index (χ1) is 15.6. The van der Waals surface area contributed by atoms with Gasteiger partial charge in [0.15, 0.2) is 16.3 Å². The van der Waals surface area contributed by atoms with Crippen LogP contribution in [0.15, 0.2) is 35.3 Å². The zero-order valence-corrected chi connectivity index (χ0v) is 20.1. The van der Waals surface area contributed by atoms with E-state index in [9.17, 15) is 4.79 Å². The summed E-state index contributed by atoms with van der Waals surface area (Å²) in [5.41, 5.74) is 1.33. The summed E-state index contributed by atoms with van der Waals surface area (Å²) in [5.74, 6) is 1.83. The van der Waals surface area contributed by atoms with Gasteiger partial charge in [0.1, 0.15) is 11.3 Å². The number of aromatic nitrogens is 1. The molecule has 0 spiro atoms. The van der Waals surface area contributed by atoms with Crippen LogP contribution in [0.25, 0.3) is 10.2 Å². The Morgan fingerprint density at radius 2 is 1.62 bits per heavy atom. The fraction of sp³-hybridized carbons (Fsp3) is 0.417. The summed E-state index contributed by atoms with van der Waals surface area (Å²) < 4.78 is 25.8. The summed E-state index contributed by atoms with van der Waals surface area (Å²) in [5, 5.41) is 0. The first-order valence-electron chi connectivity index (χ1n) is 10.9. The Kier molecular flexibility index (Phi) is 8.16. The van der Waals surface area contributed by atoms with Gasteiger partial charge in [-0.3, -0.25) is 4.79 Å². The summed E-state index contributed by atoms with van der Waals surface area (Å²) in [6.07, 6.45) is 0.900. The summed E-state index contributed by atoms with van der Waals surface area (Å²) >= 11 is 1.46. The molecule has 0 saturated heterocycles. The number of fused-ring (bicyclic) bond motifs is 1. The van der Waals surface area contributed by atoms with E-state index in [1.54, 1.807) is 19.2 Å². The van der Waals surface area contributed by atoms with Crippen molar-refractivity contribution in [3.8, 4) is 23.0 Å². The van der Waals surface area contributed by atoms with Gasteiger partial charge in [-0.2, -0.15) is 4.99 Å². The zero-order valence-electron chi connectivity index (χ0n) is 19.3. The lowest BCUT2D eigenvalue weighted by Gasteiger charge is -2.16. The summed E-state index contributed by atoms with van der Waals surface area (Å²) in [4.78, 5) is 18.3. The first-order valence-corrected chi connectivity index (χ1v) is 11.7. The van der Waals surface area contributed by atoms with Gasteiger partial charge in [0.2, 0.25) is 5.75 Å². The number of carbonyl (C=O) groups excluding carboxylic acids is 1. The van der Waals surface area contributed by atoms with Crippen molar-refractivity contribution < 1.29 is 23.7 Å². The lowest BCUT2D eigenvalue weighted by atomic mass is 10.1. The number of hydrogen-bond acceptors (Lipinski definition) is 6. The normalized spacial score (nSPS) is 11.6. The van der Waals surface area contributed by atoms with Crippen molar-refractivity contribution in [2.24, 2.45) is 4.99 Å². The average molecular weight is 459 g/mol. The van der Waals surface area contributed by atoms with Crippen molar-refractivity contribution in [2.75, 3.05) is 26.9 Å². The molecule has 0 aliphatic heterocycles. The Bertz CT molecular complexity index is 1120. The molecule has 1 heterocycles. The van der Waals surface area contributed by atoms with Gasteiger partial charge in [-0.25, -0.2) is 0 Å². The molecule has 3 aromatic rings. The molecule has 0 N–H and O–H groups in total. The molecule has 0 radical (unpaired) electrons. The quantitative estimate of drug-likeness (QED) is 0.425. The number of ether oxygens (including phenoxy) is 4. The van der Waals surface area contributed by atoms with E-state index in [1.165, 1.54) is 11.3 Å². The number of benzene rings is 2. The van der Waals surface area contributed by atoms with E-state index in [1.807, 2.05) is 43.5 Å². The Morgan fingerprint density at radius 3 is 2.19 bits per heavy atom. The van der Waals surface area contributed by atoms with E-state index < -0.39 is 0 Å². The Morgan fingerprint density at radius 1 is 0.969 bits per heavy atom. The molecule has 1 amide bonds. The van der Waals surface area contributed by atoms with Gasteiger partial charge in [-0.05, 0) is 51.5 Å². The molecular weight excluding hydrogens is 428 g/mol. The van der Waals surface area contributed by atoms with Crippen LogP contribution in [-0.2, 0) is 6.54 Å². The fourth-order valence-electron chi connectivity index (χ4n) is 3.44. The van der Waals surface area contributed by atoms with Crippen molar-refractivity contribution in [2.45, 2.75) is 40.7 Å². The molecule has 0 bridgehead atoms. The predicted molar refractivity (Wildman–Crippen MR) is 127 cm³/mol. The highest BCUT2D eigenvalue weighted by atomic mass is 32.1. The lowest BCUT2D eigenvalue weighted by Crippen LogP contribution is -2.17. The molecule has 172 valence electrons. The van der Waals surface area contributed by atoms with Crippen molar-refractivity contribution in [3.05, 3.63) is 40.7 Å². The smallest absolute Gasteiger partial charge is 0.279 e. The topological polar surface area (TPSA) is 71.3 Å². The molecule has 0 saturated carbocycles. The van der Waals surface area contributed by atoms with Gasteiger partial charge in [0.25, 0.3) is 5.91 Å². The van der Waals surface area contributed by atoms with Crippen LogP contribution in [0.5, 0.6) is 23.0 Å². The fourth-order valence-corrected chi connectivity index (χ4v) is 4.51. The molecule has 2 aromatic carbocycles. The van der Waals surface area contributed by atoms with Crippen LogP contribution in [0.4, 0.5) is 0 Å². The second kappa shape index (κ2) is 11.0. The molecule has 0 fully saturated rings. The molecule has 0 aliphatic carbocycles. The number of carbonyl (C=O) groups is 1. The number of methoxy groups -OCH3 is 1. The molecule has 0 unspecified atom stereocenters. The largest absolute Gasteiger partial charge is 0.495 e. The van der Waals surface area contributed by atoms with Gasteiger partial charge in [-0.1, -0.05) is 24.3 Å². The molecular formula is C24H30N2O5S. The van der Waals surface area contributed by atoms with Crippen LogP contribution in [0.1, 0.15) is 44.5 Å². The van der Waals surface area contributed by atoms with Crippen LogP contribution < -0.4 is 23.7 Å². The van der Waals surface area contributed by atoms with E-state index in [0.29, 0.717) is 47.4 Å². The standard InChI is InChI=1S/C24H30N2O5S/c1-6-13-26-21-17(28-5)11-10-12-20(21)32-24(26)25-23(27)16-14-18(29-7-2)22(31-9-4)19(15-16)30-8-3/h10-12,14-15H,6-9,13H2,1-5H3. The molecule has 32 heavy (non-hydrogen) atoms. The minimum Gasteiger partial charge on any atom is -0.495 e. The monoisotopic (exact) mass is 458 g/mol.